The van der Waals surface area contributed by atoms with Gasteiger partial charge in [-0.3, -0.25) is 4.79 Å². The lowest BCUT2D eigenvalue weighted by Crippen LogP contribution is -2.32. The van der Waals surface area contributed by atoms with Crippen molar-refractivity contribution >= 4 is 17.2 Å². The first-order valence-corrected chi connectivity index (χ1v) is 5.13. The van der Waals surface area contributed by atoms with Gasteiger partial charge in [-0.1, -0.05) is 0 Å². The van der Waals surface area contributed by atoms with Crippen LogP contribution in [0.1, 0.15) is 5.56 Å². The van der Waals surface area contributed by atoms with Gasteiger partial charge in [-0.15, -0.1) is 0 Å². The summed E-state index contributed by atoms with van der Waals surface area (Å²) >= 11 is 1.61. The second-order valence-electron chi connectivity index (χ2n) is 2.91. The van der Waals surface area contributed by atoms with E-state index in [0.717, 1.165) is 5.56 Å². The van der Waals surface area contributed by atoms with Crippen molar-refractivity contribution < 1.29 is 4.79 Å². The number of hydrogen-bond acceptors (Lipinski definition) is 3. The fourth-order valence-electron chi connectivity index (χ4n) is 1.02. The SMILES string of the molecule is CN(CCN)C(=O)Cc1ccsc1. The molecule has 0 atom stereocenters. The molecule has 0 fully saturated rings. The first-order valence-electron chi connectivity index (χ1n) is 4.19. The molecule has 0 bridgehead atoms. The highest BCUT2D eigenvalue weighted by Gasteiger charge is 2.08. The van der Waals surface area contributed by atoms with Crippen LogP contribution in [0.4, 0.5) is 0 Å². The maximum absolute atomic E-state index is 11.5. The Hall–Kier alpha value is -0.870. The zero-order valence-electron chi connectivity index (χ0n) is 7.69. The third-order valence-corrected chi connectivity index (χ3v) is 2.56. The van der Waals surface area contributed by atoms with Gasteiger partial charge in [0.1, 0.15) is 0 Å². The average molecular weight is 198 g/mol. The summed E-state index contributed by atoms with van der Waals surface area (Å²) < 4.78 is 0. The van der Waals surface area contributed by atoms with Gasteiger partial charge >= 0.3 is 0 Å². The molecular weight excluding hydrogens is 184 g/mol. The zero-order valence-corrected chi connectivity index (χ0v) is 8.51. The zero-order chi connectivity index (χ0) is 9.68. The van der Waals surface area contributed by atoms with Crippen molar-refractivity contribution in [3.8, 4) is 0 Å². The first-order chi connectivity index (χ1) is 6.24. The van der Waals surface area contributed by atoms with Crippen molar-refractivity contribution in [1.82, 2.24) is 4.90 Å². The molecule has 0 saturated heterocycles. The summed E-state index contributed by atoms with van der Waals surface area (Å²) in [6, 6.07) is 1.97. The highest BCUT2D eigenvalue weighted by atomic mass is 32.1. The van der Waals surface area contributed by atoms with Crippen LogP contribution in [0.5, 0.6) is 0 Å². The van der Waals surface area contributed by atoms with E-state index in [1.807, 2.05) is 16.8 Å². The van der Waals surface area contributed by atoms with Crippen molar-refractivity contribution in [2.75, 3.05) is 20.1 Å². The number of amides is 1. The molecule has 2 N–H and O–H groups in total. The summed E-state index contributed by atoms with van der Waals surface area (Å²) in [6.45, 7) is 1.15. The van der Waals surface area contributed by atoms with E-state index in [9.17, 15) is 4.79 Å². The molecule has 0 aromatic carbocycles. The molecule has 1 amide bonds. The molecule has 0 aliphatic heterocycles. The van der Waals surface area contributed by atoms with Crippen LogP contribution in [0.15, 0.2) is 16.8 Å². The predicted octanol–water partition coefficient (Wildman–Crippen LogP) is 0.708. The fraction of sp³-hybridized carbons (Fsp3) is 0.444. The number of carbonyl (C=O) groups is 1. The van der Waals surface area contributed by atoms with Crippen molar-refractivity contribution in [3.05, 3.63) is 22.4 Å². The quantitative estimate of drug-likeness (QED) is 0.774. The Morgan fingerprint density at radius 1 is 1.69 bits per heavy atom. The van der Waals surface area contributed by atoms with Gasteiger partial charge in [-0.2, -0.15) is 11.3 Å². The highest BCUT2D eigenvalue weighted by molar-refractivity contribution is 7.07. The first kappa shape index (κ1) is 10.2. The normalized spacial score (nSPS) is 10.0. The van der Waals surface area contributed by atoms with Crippen molar-refractivity contribution in [2.45, 2.75) is 6.42 Å². The van der Waals surface area contributed by atoms with Crippen LogP contribution in [0.2, 0.25) is 0 Å². The topological polar surface area (TPSA) is 46.3 Å². The van der Waals surface area contributed by atoms with Gasteiger partial charge in [-0.25, -0.2) is 0 Å². The molecule has 1 heterocycles. The smallest absolute Gasteiger partial charge is 0.226 e. The monoisotopic (exact) mass is 198 g/mol. The van der Waals surface area contributed by atoms with Crippen LogP contribution in [-0.2, 0) is 11.2 Å². The van der Waals surface area contributed by atoms with Gasteiger partial charge in [-0.05, 0) is 22.4 Å². The lowest BCUT2D eigenvalue weighted by atomic mass is 10.2. The standard InChI is InChI=1S/C9H14N2OS/c1-11(4-3-10)9(12)6-8-2-5-13-7-8/h2,5,7H,3-4,6,10H2,1H3. The number of nitrogens with zero attached hydrogens (tertiary/aromatic N) is 1. The molecule has 0 saturated carbocycles. The van der Waals surface area contributed by atoms with Gasteiger partial charge in [0, 0.05) is 20.1 Å². The van der Waals surface area contributed by atoms with Crippen molar-refractivity contribution in [1.29, 1.82) is 0 Å². The summed E-state index contributed by atoms with van der Waals surface area (Å²) in [5.41, 5.74) is 6.43. The summed E-state index contributed by atoms with van der Waals surface area (Å²) in [6.07, 6.45) is 0.486. The number of nitrogens with two attached hydrogens (primary N) is 1. The van der Waals surface area contributed by atoms with E-state index >= 15 is 0 Å². The van der Waals surface area contributed by atoms with Crippen LogP contribution < -0.4 is 5.73 Å². The Kier molecular flexibility index (Phi) is 3.92. The van der Waals surface area contributed by atoms with Gasteiger partial charge < -0.3 is 10.6 Å². The summed E-state index contributed by atoms with van der Waals surface area (Å²) in [5, 5.41) is 3.97. The van der Waals surface area contributed by atoms with Gasteiger partial charge in [0.15, 0.2) is 0 Å². The summed E-state index contributed by atoms with van der Waals surface area (Å²) in [7, 11) is 1.78. The van der Waals surface area contributed by atoms with E-state index in [1.165, 1.54) is 0 Å². The van der Waals surface area contributed by atoms with Crippen molar-refractivity contribution in [3.63, 3.8) is 0 Å². The maximum Gasteiger partial charge on any atom is 0.226 e. The molecule has 4 heteroatoms. The minimum atomic E-state index is 0.129. The molecule has 1 rings (SSSR count). The van der Waals surface area contributed by atoms with Crippen LogP contribution in [0.25, 0.3) is 0 Å². The molecule has 0 spiro atoms. The predicted molar refractivity (Wildman–Crippen MR) is 54.7 cm³/mol. The van der Waals surface area contributed by atoms with Crippen LogP contribution in [-0.4, -0.2) is 30.9 Å². The maximum atomic E-state index is 11.5. The summed E-state index contributed by atoms with van der Waals surface area (Å²) in [4.78, 5) is 13.1. The fourth-order valence-corrected chi connectivity index (χ4v) is 1.69. The molecular formula is C9H14N2OS. The van der Waals surface area contributed by atoms with Gasteiger partial charge in [0.25, 0.3) is 0 Å². The Labute approximate surface area is 82.2 Å². The molecule has 0 radical (unpaired) electrons. The number of carbonyl (C=O) groups excluding carboxylic acids is 1. The third kappa shape index (κ3) is 3.16. The molecule has 1 aromatic rings. The molecule has 1 aromatic heterocycles. The van der Waals surface area contributed by atoms with Gasteiger partial charge in [0.2, 0.25) is 5.91 Å². The van der Waals surface area contributed by atoms with E-state index in [1.54, 1.807) is 23.3 Å². The van der Waals surface area contributed by atoms with E-state index in [0.29, 0.717) is 19.5 Å². The van der Waals surface area contributed by atoms with Gasteiger partial charge in [0.05, 0.1) is 6.42 Å². The Bertz CT molecular complexity index is 259. The van der Waals surface area contributed by atoms with Crippen LogP contribution in [0, 0.1) is 0 Å². The molecule has 0 unspecified atom stereocenters. The third-order valence-electron chi connectivity index (χ3n) is 1.83. The molecule has 72 valence electrons. The largest absolute Gasteiger partial charge is 0.344 e. The minimum Gasteiger partial charge on any atom is -0.344 e. The molecule has 3 nitrogen and oxygen atoms in total. The second kappa shape index (κ2) is 4.99. The van der Waals surface area contributed by atoms with Crippen LogP contribution in [0.3, 0.4) is 0 Å². The number of thiophene rings is 1. The molecule has 0 aliphatic carbocycles. The second-order valence-corrected chi connectivity index (χ2v) is 3.69. The number of rotatable bonds is 4. The lowest BCUT2D eigenvalue weighted by Gasteiger charge is -2.15. The number of hydrogen-bond donors (Lipinski definition) is 1. The van der Waals surface area contributed by atoms with E-state index in [4.69, 9.17) is 5.73 Å². The minimum absolute atomic E-state index is 0.129. The Morgan fingerprint density at radius 2 is 2.46 bits per heavy atom. The highest BCUT2D eigenvalue weighted by Crippen LogP contribution is 2.07. The Balaban J connectivity index is 2.41. The number of likely N-dealkylation sites (N-methyl/N-ethyl adjacent to an activating group) is 1. The summed E-state index contributed by atoms with van der Waals surface area (Å²) in [5.74, 6) is 0.129. The Morgan fingerprint density at radius 3 is 3.00 bits per heavy atom. The van der Waals surface area contributed by atoms with E-state index < -0.39 is 0 Å². The average Bonchev–Trinajstić information content (AvgIpc) is 2.57. The van der Waals surface area contributed by atoms with Crippen LogP contribution >= 0.6 is 11.3 Å². The van der Waals surface area contributed by atoms with Crippen molar-refractivity contribution in [2.24, 2.45) is 5.73 Å². The lowest BCUT2D eigenvalue weighted by molar-refractivity contribution is -0.129. The molecule has 13 heavy (non-hydrogen) atoms. The van der Waals surface area contributed by atoms with E-state index in [-0.39, 0.29) is 5.91 Å². The molecule has 0 aliphatic rings. The van der Waals surface area contributed by atoms with E-state index in [2.05, 4.69) is 0 Å².